The molecule has 0 amide bonds. The Balaban J connectivity index is 1.53. The van der Waals surface area contributed by atoms with Crippen LogP contribution in [-0.4, -0.2) is 33.3 Å². The fraction of sp³-hybridized carbons (Fsp3) is 0.368. The van der Waals surface area contributed by atoms with Crippen molar-refractivity contribution in [2.75, 3.05) is 18.5 Å². The van der Waals surface area contributed by atoms with Crippen molar-refractivity contribution in [2.24, 2.45) is 0 Å². The second-order valence-electron chi connectivity index (χ2n) is 6.36. The van der Waals surface area contributed by atoms with E-state index < -0.39 is 0 Å². The van der Waals surface area contributed by atoms with Gasteiger partial charge in [0.05, 0.1) is 17.0 Å². The zero-order chi connectivity index (χ0) is 17.8. The number of hydrogen-bond acceptors (Lipinski definition) is 7. The minimum absolute atomic E-state index is 0.0286. The summed E-state index contributed by atoms with van der Waals surface area (Å²) in [5.41, 5.74) is 3.76. The van der Waals surface area contributed by atoms with Crippen LogP contribution in [0, 0.1) is 6.92 Å². The zero-order valence-electron chi connectivity index (χ0n) is 14.7. The van der Waals surface area contributed by atoms with Crippen LogP contribution in [0.2, 0.25) is 0 Å². The van der Waals surface area contributed by atoms with Crippen molar-refractivity contribution in [2.45, 2.75) is 32.3 Å². The van der Waals surface area contributed by atoms with Crippen molar-refractivity contribution in [1.29, 1.82) is 0 Å². The molecular formula is C19H21N5O2. The average Bonchev–Trinajstić information content (AvgIpc) is 3.34. The van der Waals surface area contributed by atoms with Gasteiger partial charge in [0.1, 0.15) is 6.10 Å². The number of aryl methyl sites for hydroxylation is 1. The molecule has 0 aromatic carbocycles. The summed E-state index contributed by atoms with van der Waals surface area (Å²) < 4.78 is 11.3. The summed E-state index contributed by atoms with van der Waals surface area (Å²) in [6.07, 6.45) is 8.23. The summed E-state index contributed by atoms with van der Waals surface area (Å²) in [5.74, 6) is 1.28. The molecule has 0 spiro atoms. The Hall–Kier alpha value is -2.80. The number of nitrogens with one attached hydrogen (secondary N) is 1. The van der Waals surface area contributed by atoms with E-state index >= 15 is 0 Å². The SMILES string of the molecule is Cc1cc(-c2cnc(NCCc3ccncc3)nc2[C@H]2CCCO2)on1. The van der Waals surface area contributed by atoms with E-state index in [4.69, 9.17) is 14.2 Å². The summed E-state index contributed by atoms with van der Waals surface area (Å²) in [7, 11) is 0. The monoisotopic (exact) mass is 351 g/mol. The van der Waals surface area contributed by atoms with Crippen LogP contribution in [0.1, 0.15) is 35.9 Å². The second-order valence-corrected chi connectivity index (χ2v) is 6.36. The molecule has 4 rings (SSSR count). The highest BCUT2D eigenvalue weighted by Crippen LogP contribution is 2.34. The fourth-order valence-corrected chi connectivity index (χ4v) is 3.07. The molecule has 4 heterocycles. The van der Waals surface area contributed by atoms with Crippen LogP contribution in [0.25, 0.3) is 11.3 Å². The lowest BCUT2D eigenvalue weighted by Crippen LogP contribution is -2.11. The maximum absolute atomic E-state index is 5.85. The third kappa shape index (κ3) is 3.72. The van der Waals surface area contributed by atoms with Crippen molar-refractivity contribution in [1.82, 2.24) is 20.1 Å². The number of rotatable bonds is 6. The Kier molecular flexibility index (Phi) is 4.88. The predicted octanol–water partition coefficient (Wildman–Crippen LogP) is 3.34. The van der Waals surface area contributed by atoms with Gasteiger partial charge in [-0.25, -0.2) is 9.97 Å². The Bertz CT molecular complexity index is 859. The van der Waals surface area contributed by atoms with E-state index in [1.165, 1.54) is 5.56 Å². The Morgan fingerprint density at radius 3 is 2.88 bits per heavy atom. The molecule has 1 N–H and O–H groups in total. The van der Waals surface area contributed by atoms with Crippen LogP contribution in [0.4, 0.5) is 5.95 Å². The van der Waals surface area contributed by atoms with Crippen molar-refractivity contribution in [3.8, 4) is 11.3 Å². The Labute approximate surface area is 151 Å². The largest absolute Gasteiger partial charge is 0.372 e. The molecule has 1 aliphatic rings. The van der Waals surface area contributed by atoms with E-state index in [-0.39, 0.29) is 6.10 Å². The maximum Gasteiger partial charge on any atom is 0.222 e. The Morgan fingerprint density at radius 2 is 2.15 bits per heavy atom. The minimum Gasteiger partial charge on any atom is -0.372 e. The number of pyridine rings is 1. The number of nitrogens with zero attached hydrogens (tertiary/aromatic N) is 4. The van der Waals surface area contributed by atoms with Crippen molar-refractivity contribution in [3.05, 3.63) is 53.7 Å². The summed E-state index contributed by atoms with van der Waals surface area (Å²) >= 11 is 0. The average molecular weight is 351 g/mol. The molecule has 26 heavy (non-hydrogen) atoms. The van der Waals surface area contributed by atoms with Gasteiger partial charge in [-0.05, 0) is 43.9 Å². The minimum atomic E-state index is -0.0286. The van der Waals surface area contributed by atoms with E-state index in [2.05, 4.69) is 20.4 Å². The van der Waals surface area contributed by atoms with Gasteiger partial charge in [0.25, 0.3) is 0 Å². The first-order valence-corrected chi connectivity index (χ1v) is 8.84. The first-order valence-electron chi connectivity index (χ1n) is 8.84. The summed E-state index contributed by atoms with van der Waals surface area (Å²) in [4.78, 5) is 13.2. The van der Waals surface area contributed by atoms with Gasteiger partial charge in [-0.1, -0.05) is 5.16 Å². The number of hydrogen-bond donors (Lipinski definition) is 1. The second kappa shape index (κ2) is 7.61. The standard InChI is InChI=1S/C19H21N5O2/c1-13-11-17(26-24-13)15-12-22-19(23-18(15)16-3-2-10-25-16)21-9-6-14-4-7-20-8-5-14/h4-5,7-8,11-12,16H,2-3,6,9-10H2,1H3,(H,21,22,23)/t16-/m1/s1. The molecule has 0 aliphatic carbocycles. The van der Waals surface area contributed by atoms with E-state index in [9.17, 15) is 0 Å². The van der Waals surface area contributed by atoms with Crippen LogP contribution in [0.5, 0.6) is 0 Å². The van der Waals surface area contributed by atoms with Gasteiger partial charge in [-0.2, -0.15) is 0 Å². The van der Waals surface area contributed by atoms with Gasteiger partial charge in [0.2, 0.25) is 5.95 Å². The third-order valence-corrected chi connectivity index (χ3v) is 4.39. The normalized spacial score (nSPS) is 16.7. The van der Waals surface area contributed by atoms with Gasteiger partial charge in [0.15, 0.2) is 5.76 Å². The molecule has 0 saturated carbocycles. The van der Waals surface area contributed by atoms with Gasteiger partial charge < -0.3 is 14.6 Å². The lowest BCUT2D eigenvalue weighted by Gasteiger charge is -2.14. The quantitative estimate of drug-likeness (QED) is 0.729. The highest BCUT2D eigenvalue weighted by molar-refractivity contribution is 5.61. The molecule has 3 aromatic rings. The summed E-state index contributed by atoms with van der Waals surface area (Å²) in [6.45, 7) is 3.40. The molecule has 134 valence electrons. The topological polar surface area (TPSA) is 86.0 Å². The lowest BCUT2D eigenvalue weighted by atomic mass is 10.1. The molecule has 7 nitrogen and oxygen atoms in total. The molecular weight excluding hydrogens is 330 g/mol. The van der Waals surface area contributed by atoms with Gasteiger partial charge >= 0.3 is 0 Å². The number of ether oxygens (including phenoxy) is 1. The third-order valence-electron chi connectivity index (χ3n) is 4.39. The molecule has 3 aromatic heterocycles. The van der Waals surface area contributed by atoms with E-state index in [0.717, 1.165) is 49.4 Å². The molecule has 0 radical (unpaired) electrons. The highest BCUT2D eigenvalue weighted by atomic mass is 16.5. The van der Waals surface area contributed by atoms with E-state index in [0.29, 0.717) is 11.7 Å². The highest BCUT2D eigenvalue weighted by Gasteiger charge is 2.25. The van der Waals surface area contributed by atoms with Crippen molar-refractivity contribution in [3.63, 3.8) is 0 Å². The van der Waals surface area contributed by atoms with Gasteiger partial charge in [0, 0.05) is 37.8 Å². The first-order chi connectivity index (χ1) is 12.8. The Morgan fingerprint density at radius 1 is 1.27 bits per heavy atom. The van der Waals surface area contributed by atoms with E-state index in [1.54, 1.807) is 18.6 Å². The van der Waals surface area contributed by atoms with Crippen LogP contribution in [0.15, 0.2) is 41.3 Å². The smallest absolute Gasteiger partial charge is 0.222 e. The van der Waals surface area contributed by atoms with Crippen LogP contribution in [-0.2, 0) is 11.2 Å². The number of aromatic nitrogens is 4. The molecule has 1 aliphatic heterocycles. The van der Waals surface area contributed by atoms with Gasteiger partial charge in [-0.3, -0.25) is 4.98 Å². The van der Waals surface area contributed by atoms with Gasteiger partial charge in [-0.15, -0.1) is 0 Å². The first kappa shape index (κ1) is 16.7. The van der Waals surface area contributed by atoms with Crippen LogP contribution >= 0.6 is 0 Å². The van der Waals surface area contributed by atoms with Crippen LogP contribution in [0.3, 0.4) is 0 Å². The zero-order valence-corrected chi connectivity index (χ0v) is 14.7. The van der Waals surface area contributed by atoms with Crippen molar-refractivity contribution < 1.29 is 9.26 Å². The van der Waals surface area contributed by atoms with E-state index in [1.807, 2.05) is 25.1 Å². The molecule has 1 atom stereocenters. The maximum atomic E-state index is 5.85. The molecule has 1 fully saturated rings. The predicted molar refractivity (Wildman–Crippen MR) is 96.6 cm³/mol. The number of anilines is 1. The summed E-state index contributed by atoms with van der Waals surface area (Å²) in [6, 6.07) is 5.92. The molecule has 7 heteroatoms. The molecule has 0 unspecified atom stereocenters. The lowest BCUT2D eigenvalue weighted by molar-refractivity contribution is 0.109. The fourth-order valence-electron chi connectivity index (χ4n) is 3.07. The summed E-state index contributed by atoms with van der Waals surface area (Å²) in [5, 5.41) is 7.27. The van der Waals surface area contributed by atoms with Crippen molar-refractivity contribution >= 4 is 5.95 Å². The molecule has 0 bridgehead atoms. The van der Waals surface area contributed by atoms with Crippen LogP contribution < -0.4 is 5.32 Å². The molecule has 1 saturated heterocycles.